The molecule has 0 spiro atoms. The van der Waals surface area contributed by atoms with E-state index in [4.69, 9.17) is 10.2 Å². The number of hydrogen-bond donors (Lipinski definition) is 2. The number of carboxylic acids is 2. The lowest BCUT2D eigenvalue weighted by molar-refractivity contribution is -0.145. The summed E-state index contributed by atoms with van der Waals surface area (Å²) in [7, 11) is -4.31. The predicted molar refractivity (Wildman–Crippen MR) is 72.3 cm³/mol. The van der Waals surface area contributed by atoms with Gasteiger partial charge in [-0.05, 0) is 19.1 Å². The molecule has 1 atom stereocenters. The van der Waals surface area contributed by atoms with Crippen molar-refractivity contribution in [2.75, 3.05) is 0 Å². The predicted octanol–water partition coefficient (Wildman–Crippen LogP) is 1.18. The molecule has 0 saturated carbocycles. The molecule has 0 saturated heterocycles. The molecule has 1 aromatic rings. The number of carbonyl (C=O) groups is 2. The van der Waals surface area contributed by atoms with Crippen molar-refractivity contribution in [3.63, 3.8) is 0 Å². The summed E-state index contributed by atoms with van der Waals surface area (Å²) in [5.41, 5.74) is 0.365. The lowest BCUT2D eigenvalue weighted by atomic mass is 10.1. The van der Waals surface area contributed by atoms with E-state index in [1.807, 2.05) is 0 Å². The lowest BCUT2D eigenvalue weighted by Crippen LogP contribution is -2.28. The van der Waals surface area contributed by atoms with Crippen LogP contribution in [0.3, 0.4) is 0 Å². The third kappa shape index (κ3) is 4.69. The summed E-state index contributed by atoms with van der Waals surface area (Å²) in [6, 6.07) is 5.61. The maximum absolute atomic E-state index is 11.9. The minimum Gasteiger partial charge on any atom is -0.479 e. The Morgan fingerprint density at radius 2 is 1.76 bits per heavy atom. The molecule has 1 unspecified atom stereocenters. The fourth-order valence-electron chi connectivity index (χ4n) is 1.39. The van der Waals surface area contributed by atoms with Crippen LogP contribution in [-0.4, -0.2) is 36.7 Å². The smallest absolute Gasteiger partial charge is 0.334 e. The van der Waals surface area contributed by atoms with Gasteiger partial charge in [0.25, 0.3) is 10.1 Å². The van der Waals surface area contributed by atoms with Gasteiger partial charge < -0.3 is 10.2 Å². The number of rotatable bonds is 7. The van der Waals surface area contributed by atoms with Gasteiger partial charge in [0.05, 0.1) is 4.90 Å². The summed E-state index contributed by atoms with van der Waals surface area (Å²) in [4.78, 5) is 21.4. The van der Waals surface area contributed by atoms with E-state index in [0.717, 1.165) is 5.56 Å². The van der Waals surface area contributed by atoms with Gasteiger partial charge in [0.15, 0.2) is 6.10 Å². The average molecular weight is 314 g/mol. The van der Waals surface area contributed by atoms with E-state index in [0.29, 0.717) is 0 Å². The zero-order valence-corrected chi connectivity index (χ0v) is 12.0. The Morgan fingerprint density at radius 3 is 2.19 bits per heavy atom. The number of carboxylic acid groups (broad SMARTS) is 2. The van der Waals surface area contributed by atoms with Gasteiger partial charge in [-0.25, -0.2) is 9.59 Å². The molecule has 21 heavy (non-hydrogen) atoms. The molecular formula is C13H14O7S. The lowest BCUT2D eigenvalue weighted by Gasteiger charge is -2.13. The molecule has 1 aromatic carbocycles. The highest BCUT2D eigenvalue weighted by molar-refractivity contribution is 7.86. The number of aryl methyl sites for hydroxylation is 1. The molecular weight excluding hydrogens is 300 g/mol. The minimum absolute atomic E-state index is 0.208. The molecule has 0 aromatic heterocycles. The first-order valence-corrected chi connectivity index (χ1v) is 7.18. The molecule has 2 N–H and O–H groups in total. The first-order valence-electron chi connectivity index (χ1n) is 5.77. The Balaban J connectivity index is 2.97. The Kier molecular flexibility index (Phi) is 5.23. The second kappa shape index (κ2) is 6.51. The van der Waals surface area contributed by atoms with Crippen molar-refractivity contribution in [1.29, 1.82) is 0 Å². The molecule has 0 fully saturated rings. The summed E-state index contributed by atoms with van der Waals surface area (Å²) in [5, 5.41) is 17.6. The molecule has 0 radical (unpaired) electrons. The number of benzene rings is 1. The Hall–Kier alpha value is -2.19. The fraction of sp³-hybridized carbons (Fsp3) is 0.231. The first kappa shape index (κ1) is 16.9. The van der Waals surface area contributed by atoms with Gasteiger partial charge in [0.1, 0.15) is 0 Å². The van der Waals surface area contributed by atoms with Crippen molar-refractivity contribution in [2.45, 2.75) is 24.3 Å². The van der Waals surface area contributed by atoms with Gasteiger partial charge in [-0.1, -0.05) is 24.3 Å². The number of aliphatic carboxylic acids is 2. The fourth-order valence-corrected chi connectivity index (χ4v) is 2.42. The largest absolute Gasteiger partial charge is 0.479 e. The van der Waals surface area contributed by atoms with Gasteiger partial charge in [0.2, 0.25) is 0 Å². The monoisotopic (exact) mass is 314 g/mol. The molecule has 0 heterocycles. The highest BCUT2D eigenvalue weighted by Gasteiger charge is 2.29. The Morgan fingerprint density at radius 1 is 1.24 bits per heavy atom. The first-order chi connectivity index (χ1) is 9.63. The zero-order chi connectivity index (χ0) is 16.2. The van der Waals surface area contributed by atoms with E-state index >= 15 is 0 Å². The van der Waals surface area contributed by atoms with Gasteiger partial charge >= 0.3 is 11.9 Å². The topological polar surface area (TPSA) is 118 Å². The highest BCUT2D eigenvalue weighted by atomic mass is 32.2. The van der Waals surface area contributed by atoms with E-state index < -0.39 is 40.2 Å². The van der Waals surface area contributed by atoms with Crippen LogP contribution in [0.1, 0.15) is 12.0 Å². The van der Waals surface area contributed by atoms with Gasteiger partial charge in [-0.15, -0.1) is 0 Å². The second-order valence-corrected chi connectivity index (χ2v) is 5.88. The maximum Gasteiger partial charge on any atom is 0.334 e. The van der Waals surface area contributed by atoms with E-state index in [1.165, 1.54) is 24.3 Å². The van der Waals surface area contributed by atoms with Crippen molar-refractivity contribution in [1.82, 2.24) is 0 Å². The summed E-state index contributed by atoms with van der Waals surface area (Å²) in [6.45, 7) is 4.91. The van der Waals surface area contributed by atoms with Gasteiger partial charge in [-0.2, -0.15) is 8.42 Å². The zero-order valence-electron chi connectivity index (χ0n) is 11.1. The molecule has 0 aliphatic heterocycles. The van der Waals surface area contributed by atoms with Crippen molar-refractivity contribution in [2.24, 2.45) is 0 Å². The Bertz CT molecular complexity index is 658. The van der Waals surface area contributed by atoms with Gasteiger partial charge in [-0.3, -0.25) is 4.18 Å². The van der Waals surface area contributed by atoms with E-state index in [9.17, 15) is 18.0 Å². The quantitative estimate of drug-likeness (QED) is 0.573. The van der Waals surface area contributed by atoms with Crippen molar-refractivity contribution < 1.29 is 32.4 Å². The van der Waals surface area contributed by atoms with Crippen LogP contribution < -0.4 is 0 Å². The van der Waals surface area contributed by atoms with Crippen molar-refractivity contribution in [3.8, 4) is 0 Å². The summed E-state index contributed by atoms with van der Waals surface area (Å²) in [5.74, 6) is -3.01. The summed E-state index contributed by atoms with van der Waals surface area (Å²) >= 11 is 0. The summed E-state index contributed by atoms with van der Waals surface area (Å²) < 4.78 is 28.5. The molecule has 8 heteroatoms. The number of hydrogen-bond acceptors (Lipinski definition) is 5. The summed E-state index contributed by atoms with van der Waals surface area (Å²) in [6.07, 6.45) is -2.49. The van der Waals surface area contributed by atoms with Crippen LogP contribution in [0, 0.1) is 6.92 Å². The van der Waals surface area contributed by atoms with Crippen LogP contribution in [0.25, 0.3) is 0 Å². The van der Waals surface area contributed by atoms with E-state index in [-0.39, 0.29) is 4.90 Å². The molecule has 0 bridgehead atoms. The van der Waals surface area contributed by atoms with Crippen LogP contribution in [-0.2, 0) is 23.9 Å². The third-order valence-electron chi connectivity index (χ3n) is 2.56. The standard InChI is InChI=1S/C13H14O7S/c1-8-3-5-10(6-4-8)21(18,19)20-11(13(16)17)7-9(2)12(14)15/h3-6,11H,2,7H2,1H3,(H,14,15)(H,16,17). The molecule has 0 aliphatic rings. The Labute approximate surface area is 121 Å². The van der Waals surface area contributed by atoms with Crippen LogP contribution in [0.15, 0.2) is 41.3 Å². The third-order valence-corrected chi connectivity index (χ3v) is 3.90. The van der Waals surface area contributed by atoms with Crippen molar-refractivity contribution >= 4 is 22.1 Å². The van der Waals surface area contributed by atoms with E-state index in [2.05, 4.69) is 10.8 Å². The molecule has 0 aliphatic carbocycles. The normalized spacial score (nSPS) is 12.6. The maximum atomic E-state index is 11.9. The van der Waals surface area contributed by atoms with Crippen LogP contribution in [0.5, 0.6) is 0 Å². The van der Waals surface area contributed by atoms with E-state index in [1.54, 1.807) is 6.92 Å². The molecule has 7 nitrogen and oxygen atoms in total. The molecule has 0 amide bonds. The van der Waals surface area contributed by atoms with Crippen LogP contribution >= 0.6 is 0 Å². The second-order valence-electron chi connectivity index (χ2n) is 4.30. The molecule has 1 rings (SSSR count). The van der Waals surface area contributed by atoms with Crippen LogP contribution in [0.2, 0.25) is 0 Å². The SMILES string of the molecule is C=C(CC(OS(=O)(=O)c1ccc(C)cc1)C(=O)O)C(=O)O. The van der Waals surface area contributed by atoms with Crippen LogP contribution in [0.4, 0.5) is 0 Å². The van der Waals surface area contributed by atoms with Crippen molar-refractivity contribution in [3.05, 3.63) is 42.0 Å². The van der Waals surface area contributed by atoms with Gasteiger partial charge in [0, 0.05) is 12.0 Å². The minimum atomic E-state index is -4.31. The highest BCUT2D eigenvalue weighted by Crippen LogP contribution is 2.18. The molecule has 114 valence electrons. The average Bonchev–Trinajstić information content (AvgIpc) is 2.37.